The molecule has 1 saturated carbocycles. The van der Waals surface area contributed by atoms with Gasteiger partial charge in [-0.05, 0) is 32.6 Å². The molecular formula is C11H22O2. The van der Waals surface area contributed by atoms with Crippen LogP contribution in [0.25, 0.3) is 0 Å². The molecule has 1 spiro atoms. The minimum atomic E-state index is -0.388. The monoisotopic (exact) mass is 186 g/mol. The Balaban J connectivity index is 0.000000396. The Kier molecular flexibility index (Phi) is 3.36. The van der Waals surface area contributed by atoms with E-state index in [1.165, 1.54) is 0 Å². The molecule has 2 nitrogen and oxygen atoms in total. The van der Waals surface area contributed by atoms with Crippen molar-refractivity contribution in [3.8, 4) is 0 Å². The quantitative estimate of drug-likeness (QED) is 0.629. The van der Waals surface area contributed by atoms with E-state index in [9.17, 15) is 5.11 Å². The van der Waals surface area contributed by atoms with Gasteiger partial charge in [-0.2, -0.15) is 0 Å². The first-order valence-electron chi connectivity index (χ1n) is 5.42. The zero-order valence-corrected chi connectivity index (χ0v) is 9.10. The lowest BCUT2D eigenvalue weighted by Gasteiger charge is -2.48. The molecule has 1 aliphatic carbocycles. The average molecular weight is 186 g/mol. The van der Waals surface area contributed by atoms with Crippen molar-refractivity contribution in [2.24, 2.45) is 5.41 Å². The fraction of sp³-hybridized carbons (Fsp3) is 1.00. The molecule has 0 aromatic heterocycles. The standard InChI is InChI=1S/C9H16O2.C2H6/c1-8(10)2-4-9(5-3-8)6-11-7-9;1-2/h10H,2-7H2,1H3;1-2H3. The Labute approximate surface area is 81.3 Å². The molecule has 1 aliphatic heterocycles. The van der Waals surface area contributed by atoms with Crippen LogP contribution in [0.5, 0.6) is 0 Å². The minimum absolute atomic E-state index is 0.388. The topological polar surface area (TPSA) is 29.5 Å². The number of hydrogen-bond acceptors (Lipinski definition) is 2. The van der Waals surface area contributed by atoms with Gasteiger partial charge in [-0.3, -0.25) is 0 Å². The summed E-state index contributed by atoms with van der Waals surface area (Å²) >= 11 is 0. The molecule has 0 radical (unpaired) electrons. The highest BCUT2D eigenvalue weighted by Gasteiger charge is 2.44. The van der Waals surface area contributed by atoms with Gasteiger partial charge in [0.15, 0.2) is 0 Å². The molecule has 1 saturated heterocycles. The second-order valence-electron chi connectivity index (χ2n) is 4.49. The zero-order chi connectivity index (χ0) is 9.95. The van der Waals surface area contributed by atoms with Crippen molar-refractivity contribution in [3.05, 3.63) is 0 Å². The smallest absolute Gasteiger partial charge is 0.0620 e. The Hall–Kier alpha value is -0.0800. The molecule has 2 fully saturated rings. The van der Waals surface area contributed by atoms with Gasteiger partial charge in [0.25, 0.3) is 0 Å². The third-order valence-electron chi connectivity index (χ3n) is 3.20. The van der Waals surface area contributed by atoms with Gasteiger partial charge in [0, 0.05) is 5.41 Å². The van der Waals surface area contributed by atoms with Crippen molar-refractivity contribution in [3.63, 3.8) is 0 Å². The highest BCUT2D eigenvalue weighted by atomic mass is 16.5. The maximum Gasteiger partial charge on any atom is 0.0620 e. The van der Waals surface area contributed by atoms with E-state index in [0.29, 0.717) is 5.41 Å². The second kappa shape index (κ2) is 3.97. The van der Waals surface area contributed by atoms with E-state index in [4.69, 9.17) is 4.74 Å². The van der Waals surface area contributed by atoms with Crippen LogP contribution >= 0.6 is 0 Å². The largest absolute Gasteiger partial charge is 0.390 e. The van der Waals surface area contributed by atoms with E-state index in [2.05, 4.69) is 0 Å². The van der Waals surface area contributed by atoms with Crippen molar-refractivity contribution >= 4 is 0 Å². The van der Waals surface area contributed by atoms with Gasteiger partial charge in [0.05, 0.1) is 18.8 Å². The van der Waals surface area contributed by atoms with E-state index < -0.39 is 0 Å². The lowest BCUT2D eigenvalue weighted by Crippen LogP contribution is -2.48. The zero-order valence-electron chi connectivity index (χ0n) is 9.10. The molecular weight excluding hydrogens is 164 g/mol. The Morgan fingerprint density at radius 2 is 1.46 bits per heavy atom. The maximum atomic E-state index is 9.69. The van der Waals surface area contributed by atoms with Gasteiger partial charge >= 0.3 is 0 Å². The number of rotatable bonds is 0. The second-order valence-corrected chi connectivity index (χ2v) is 4.49. The molecule has 0 amide bonds. The van der Waals surface area contributed by atoms with Crippen LogP contribution in [0.4, 0.5) is 0 Å². The molecule has 1 N–H and O–H groups in total. The van der Waals surface area contributed by atoms with Crippen LogP contribution in [0.3, 0.4) is 0 Å². The van der Waals surface area contributed by atoms with Crippen molar-refractivity contribution < 1.29 is 9.84 Å². The molecule has 0 aromatic rings. The first-order chi connectivity index (χ1) is 6.12. The Bertz CT molecular complexity index is 147. The van der Waals surface area contributed by atoms with E-state index >= 15 is 0 Å². The highest BCUT2D eigenvalue weighted by Crippen LogP contribution is 2.45. The SMILES string of the molecule is CC.CC1(O)CCC2(CC1)COC2. The number of hydrogen-bond donors (Lipinski definition) is 1. The van der Waals surface area contributed by atoms with Crippen molar-refractivity contribution in [2.45, 2.75) is 52.1 Å². The summed E-state index contributed by atoms with van der Waals surface area (Å²) in [4.78, 5) is 0. The van der Waals surface area contributed by atoms with Crippen LogP contribution in [0, 0.1) is 5.41 Å². The minimum Gasteiger partial charge on any atom is -0.390 e. The van der Waals surface area contributed by atoms with Crippen LogP contribution in [-0.2, 0) is 4.74 Å². The molecule has 2 heteroatoms. The highest BCUT2D eigenvalue weighted by molar-refractivity contribution is 4.94. The van der Waals surface area contributed by atoms with Crippen molar-refractivity contribution in [1.29, 1.82) is 0 Å². The summed E-state index contributed by atoms with van der Waals surface area (Å²) in [6.45, 7) is 7.81. The first-order valence-corrected chi connectivity index (χ1v) is 5.42. The van der Waals surface area contributed by atoms with E-state index in [0.717, 1.165) is 38.9 Å². The molecule has 0 bridgehead atoms. The van der Waals surface area contributed by atoms with Crippen LogP contribution in [0.2, 0.25) is 0 Å². The molecule has 1 heterocycles. The number of ether oxygens (including phenoxy) is 1. The fourth-order valence-corrected chi connectivity index (χ4v) is 2.00. The molecule has 13 heavy (non-hydrogen) atoms. The van der Waals surface area contributed by atoms with Gasteiger partial charge < -0.3 is 9.84 Å². The summed E-state index contributed by atoms with van der Waals surface area (Å²) in [5, 5.41) is 9.69. The average Bonchev–Trinajstić information content (AvgIpc) is 2.06. The van der Waals surface area contributed by atoms with Gasteiger partial charge in [0.1, 0.15) is 0 Å². The van der Waals surface area contributed by atoms with Crippen LogP contribution in [0.15, 0.2) is 0 Å². The van der Waals surface area contributed by atoms with Crippen molar-refractivity contribution in [1.82, 2.24) is 0 Å². The van der Waals surface area contributed by atoms with Gasteiger partial charge in [-0.25, -0.2) is 0 Å². The number of aliphatic hydroxyl groups is 1. The van der Waals surface area contributed by atoms with E-state index in [-0.39, 0.29) is 5.60 Å². The van der Waals surface area contributed by atoms with Gasteiger partial charge in [-0.15, -0.1) is 0 Å². The Morgan fingerprint density at radius 3 is 1.77 bits per heavy atom. The molecule has 0 unspecified atom stereocenters. The first kappa shape index (κ1) is 11.0. The molecule has 78 valence electrons. The van der Waals surface area contributed by atoms with Crippen molar-refractivity contribution in [2.75, 3.05) is 13.2 Å². The summed E-state index contributed by atoms with van der Waals surface area (Å²) in [6, 6.07) is 0. The lowest BCUT2D eigenvalue weighted by molar-refractivity contribution is -0.156. The van der Waals surface area contributed by atoms with Crippen LogP contribution in [0.1, 0.15) is 46.5 Å². The van der Waals surface area contributed by atoms with E-state index in [1.807, 2.05) is 20.8 Å². The van der Waals surface area contributed by atoms with E-state index in [1.54, 1.807) is 0 Å². The predicted molar refractivity (Wildman–Crippen MR) is 53.7 cm³/mol. The fourth-order valence-electron chi connectivity index (χ4n) is 2.00. The third kappa shape index (κ3) is 2.44. The molecule has 2 aliphatic rings. The maximum absolute atomic E-state index is 9.69. The summed E-state index contributed by atoms with van der Waals surface area (Å²) in [7, 11) is 0. The summed E-state index contributed by atoms with van der Waals surface area (Å²) in [6.07, 6.45) is 4.22. The van der Waals surface area contributed by atoms with Crippen LogP contribution < -0.4 is 0 Å². The third-order valence-corrected chi connectivity index (χ3v) is 3.20. The summed E-state index contributed by atoms with van der Waals surface area (Å²) in [5.41, 5.74) is 0.0864. The van der Waals surface area contributed by atoms with Gasteiger partial charge in [-0.1, -0.05) is 13.8 Å². The van der Waals surface area contributed by atoms with Crippen LogP contribution in [-0.4, -0.2) is 23.9 Å². The summed E-state index contributed by atoms with van der Waals surface area (Å²) in [5.74, 6) is 0. The summed E-state index contributed by atoms with van der Waals surface area (Å²) < 4.78 is 5.20. The predicted octanol–water partition coefficient (Wildman–Crippen LogP) is 2.35. The normalized spacial score (nSPS) is 28.6. The molecule has 2 rings (SSSR count). The molecule has 0 aromatic carbocycles. The lowest BCUT2D eigenvalue weighted by atomic mass is 9.68. The van der Waals surface area contributed by atoms with Gasteiger partial charge in [0.2, 0.25) is 0 Å². The Morgan fingerprint density at radius 1 is 1.00 bits per heavy atom. The molecule has 0 atom stereocenters.